The fourth-order valence-electron chi connectivity index (χ4n) is 2.69. The predicted molar refractivity (Wildman–Crippen MR) is 83.9 cm³/mol. The van der Waals surface area contributed by atoms with E-state index in [1.54, 1.807) is 6.07 Å². The summed E-state index contributed by atoms with van der Waals surface area (Å²) < 4.78 is 15.5. The van der Waals surface area contributed by atoms with Crippen molar-refractivity contribution in [3.63, 3.8) is 0 Å². The third kappa shape index (κ3) is 3.70. The van der Waals surface area contributed by atoms with Crippen LogP contribution < -0.4 is 5.32 Å². The van der Waals surface area contributed by atoms with Gasteiger partial charge in [0.15, 0.2) is 0 Å². The van der Waals surface area contributed by atoms with Crippen molar-refractivity contribution in [1.82, 2.24) is 15.1 Å². The molecule has 1 N–H and O–H groups in total. The third-order valence-electron chi connectivity index (χ3n) is 3.73. The van der Waals surface area contributed by atoms with Crippen LogP contribution in [0.4, 0.5) is 4.39 Å². The number of nitrogens with zero attached hydrogens (tertiary/aromatic N) is 2. The summed E-state index contributed by atoms with van der Waals surface area (Å²) in [5.41, 5.74) is 4.06. The van der Waals surface area contributed by atoms with Gasteiger partial charge in [0.05, 0.1) is 5.69 Å². The number of rotatable bonds is 6. The van der Waals surface area contributed by atoms with Crippen molar-refractivity contribution in [2.24, 2.45) is 0 Å². The van der Waals surface area contributed by atoms with Crippen LogP contribution in [0.5, 0.6) is 0 Å². The van der Waals surface area contributed by atoms with Crippen LogP contribution in [0, 0.1) is 19.7 Å². The number of nitrogens with one attached hydrogen (secondary N) is 1. The molecule has 0 saturated heterocycles. The standard InChI is InChI=1S/C17H24FN3/c1-5-19-17(14-7-8-16(18)12(3)9-14)11-15-10-13(4)20-21(15)6-2/h7-10,17,19H,5-6,11H2,1-4H3. The Morgan fingerprint density at radius 1 is 1.24 bits per heavy atom. The molecule has 1 heterocycles. The Balaban J connectivity index is 2.27. The van der Waals surface area contributed by atoms with Crippen LogP contribution >= 0.6 is 0 Å². The molecule has 2 aromatic rings. The number of halogens is 1. The SMILES string of the molecule is CCNC(Cc1cc(C)nn1CC)c1ccc(F)c(C)c1. The molecule has 0 aliphatic rings. The highest BCUT2D eigenvalue weighted by Crippen LogP contribution is 2.21. The summed E-state index contributed by atoms with van der Waals surface area (Å²) in [6.07, 6.45) is 0.855. The van der Waals surface area contributed by atoms with Crippen LogP contribution in [-0.2, 0) is 13.0 Å². The van der Waals surface area contributed by atoms with E-state index in [1.807, 2.05) is 30.7 Å². The van der Waals surface area contributed by atoms with Gasteiger partial charge in [-0.15, -0.1) is 0 Å². The molecule has 1 aromatic carbocycles. The first-order valence-corrected chi connectivity index (χ1v) is 7.57. The maximum absolute atomic E-state index is 13.5. The highest BCUT2D eigenvalue weighted by atomic mass is 19.1. The number of hydrogen-bond donors (Lipinski definition) is 1. The van der Waals surface area contributed by atoms with Crippen LogP contribution in [0.25, 0.3) is 0 Å². The van der Waals surface area contributed by atoms with Crippen LogP contribution in [0.1, 0.15) is 42.4 Å². The van der Waals surface area contributed by atoms with E-state index >= 15 is 0 Å². The highest BCUT2D eigenvalue weighted by molar-refractivity contribution is 5.28. The van der Waals surface area contributed by atoms with Gasteiger partial charge in [0.25, 0.3) is 0 Å². The Bertz CT molecular complexity index is 604. The van der Waals surface area contributed by atoms with Gasteiger partial charge in [0, 0.05) is 24.7 Å². The number of benzene rings is 1. The van der Waals surface area contributed by atoms with Crippen LogP contribution in [-0.4, -0.2) is 16.3 Å². The van der Waals surface area contributed by atoms with Crippen LogP contribution in [0.15, 0.2) is 24.3 Å². The van der Waals surface area contributed by atoms with Gasteiger partial charge in [-0.25, -0.2) is 4.39 Å². The summed E-state index contributed by atoms with van der Waals surface area (Å²) in [4.78, 5) is 0. The van der Waals surface area contributed by atoms with Gasteiger partial charge in [0.2, 0.25) is 0 Å². The van der Waals surface area contributed by atoms with Gasteiger partial charge in [-0.2, -0.15) is 5.10 Å². The molecular formula is C17H24FN3. The molecular weight excluding hydrogens is 265 g/mol. The summed E-state index contributed by atoms with van der Waals surface area (Å²) >= 11 is 0. The maximum atomic E-state index is 13.5. The van der Waals surface area contributed by atoms with Crippen molar-refractivity contribution < 1.29 is 4.39 Å². The molecule has 3 nitrogen and oxygen atoms in total. The molecule has 0 spiro atoms. The van der Waals surface area contributed by atoms with E-state index in [9.17, 15) is 4.39 Å². The van der Waals surface area contributed by atoms with E-state index in [-0.39, 0.29) is 11.9 Å². The fourth-order valence-corrected chi connectivity index (χ4v) is 2.69. The van der Waals surface area contributed by atoms with Gasteiger partial charge >= 0.3 is 0 Å². The second kappa shape index (κ2) is 6.85. The van der Waals surface area contributed by atoms with Gasteiger partial charge < -0.3 is 5.32 Å². The van der Waals surface area contributed by atoms with E-state index in [1.165, 1.54) is 5.69 Å². The lowest BCUT2D eigenvalue weighted by molar-refractivity contribution is 0.514. The summed E-state index contributed by atoms with van der Waals surface area (Å²) in [7, 11) is 0. The molecule has 0 amide bonds. The Labute approximate surface area is 126 Å². The van der Waals surface area contributed by atoms with E-state index in [0.29, 0.717) is 5.56 Å². The summed E-state index contributed by atoms with van der Waals surface area (Å²) in [5.74, 6) is -0.150. The fraction of sp³-hybridized carbons (Fsp3) is 0.471. The molecule has 0 saturated carbocycles. The van der Waals surface area contributed by atoms with Gasteiger partial charge in [-0.3, -0.25) is 4.68 Å². The number of hydrogen-bond acceptors (Lipinski definition) is 2. The lowest BCUT2D eigenvalue weighted by Gasteiger charge is -2.19. The molecule has 1 aromatic heterocycles. The Hall–Kier alpha value is -1.68. The first kappa shape index (κ1) is 15.7. The van der Waals surface area contributed by atoms with Crippen molar-refractivity contribution in [3.8, 4) is 0 Å². The minimum absolute atomic E-state index is 0.150. The van der Waals surface area contributed by atoms with E-state index in [0.717, 1.165) is 30.8 Å². The molecule has 0 radical (unpaired) electrons. The number of likely N-dealkylation sites (N-methyl/N-ethyl adjacent to an activating group) is 1. The van der Waals surface area contributed by atoms with Crippen molar-refractivity contribution in [2.75, 3.05) is 6.54 Å². The zero-order valence-corrected chi connectivity index (χ0v) is 13.3. The van der Waals surface area contributed by atoms with Gasteiger partial charge in [-0.1, -0.05) is 19.1 Å². The average molecular weight is 289 g/mol. The number of aryl methyl sites for hydroxylation is 3. The summed E-state index contributed by atoms with van der Waals surface area (Å²) in [5, 5.41) is 7.99. The van der Waals surface area contributed by atoms with E-state index < -0.39 is 0 Å². The van der Waals surface area contributed by atoms with E-state index in [2.05, 4.69) is 30.3 Å². The molecule has 1 unspecified atom stereocenters. The van der Waals surface area contributed by atoms with Crippen LogP contribution in [0.2, 0.25) is 0 Å². The molecule has 1 atom stereocenters. The molecule has 4 heteroatoms. The van der Waals surface area contributed by atoms with Crippen molar-refractivity contribution in [1.29, 1.82) is 0 Å². The zero-order chi connectivity index (χ0) is 15.4. The minimum atomic E-state index is -0.150. The zero-order valence-electron chi connectivity index (χ0n) is 13.3. The van der Waals surface area contributed by atoms with Crippen molar-refractivity contribution in [3.05, 3.63) is 52.6 Å². The smallest absolute Gasteiger partial charge is 0.126 e. The summed E-state index contributed by atoms with van der Waals surface area (Å²) in [6.45, 7) is 9.75. The Kier molecular flexibility index (Phi) is 5.12. The molecule has 0 aliphatic carbocycles. The first-order chi connectivity index (χ1) is 10.0. The Morgan fingerprint density at radius 2 is 2.00 bits per heavy atom. The molecule has 0 fully saturated rings. The molecule has 0 bridgehead atoms. The van der Waals surface area contributed by atoms with Crippen molar-refractivity contribution >= 4 is 0 Å². The highest BCUT2D eigenvalue weighted by Gasteiger charge is 2.15. The molecule has 21 heavy (non-hydrogen) atoms. The first-order valence-electron chi connectivity index (χ1n) is 7.57. The van der Waals surface area contributed by atoms with Crippen LogP contribution in [0.3, 0.4) is 0 Å². The Morgan fingerprint density at radius 3 is 2.62 bits per heavy atom. The monoisotopic (exact) mass is 289 g/mol. The van der Waals surface area contributed by atoms with Gasteiger partial charge in [0.1, 0.15) is 5.82 Å². The largest absolute Gasteiger partial charge is 0.310 e. The molecule has 2 rings (SSSR count). The third-order valence-corrected chi connectivity index (χ3v) is 3.73. The summed E-state index contributed by atoms with van der Waals surface area (Å²) in [6, 6.07) is 7.66. The lowest BCUT2D eigenvalue weighted by Crippen LogP contribution is -2.24. The maximum Gasteiger partial charge on any atom is 0.126 e. The quantitative estimate of drug-likeness (QED) is 0.881. The predicted octanol–water partition coefficient (Wildman–Crippen LogP) is 3.55. The topological polar surface area (TPSA) is 29.9 Å². The second-order valence-corrected chi connectivity index (χ2v) is 5.42. The van der Waals surface area contributed by atoms with Gasteiger partial charge in [-0.05, 0) is 50.6 Å². The molecule has 114 valence electrons. The minimum Gasteiger partial charge on any atom is -0.310 e. The normalized spacial score (nSPS) is 12.6. The van der Waals surface area contributed by atoms with Crippen molar-refractivity contribution in [2.45, 2.75) is 46.7 Å². The van der Waals surface area contributed by atoms with E-state index in [4.69, 9.17) is 0 Å². The second-order valence-electron chi connectivity index (χ2n) is 5.42. The average Bonchev–Trinajstić information content (AvgIpc) is 2.81. The molecule has 0 aliphatic heterocycles. The number of aromatic nitrogens is 2. The lowest BCUT2D eigenvalue weighted by atomic mass is 9.99.